The predicted molar refractivity (Wildman–Crippen MR) is 125 cm³/mol. The Morgan fingerprint density at radius 1 is 0.906 bits per heavy atom. The average molecular weight is 437 g/mol. The van der Waals surface area contributed by atoms with Gasteiger partial charge in [-0.05, 0) is 70.1 Å². The lowest BCUT2D eigenvalue weighted by Gasteiger charge is -2.42. The van der Waals surface area contributed by atoms with Crippen molar-refractivity contribution in [2.45, 2.75) is 57.0 Å². The zero-order valence-corrected chi connectivity index (χ0v) is 19.1. The zero-order valence-electron chi connectivity index (χ0n) is 19.1. The number of rotatable bonds is 6. The van der Waals surface area contributed by atoms with Gasteiger partial charge in [-0.1, -0.05) is 35.5 Å². The molecule has 3 saturated heterocycles. The van der Waals surface area contributed by atoms with Gasteiger partial charge in [0, 0.05) is 32.2 Å². The van der Waals surface area contributed by atoms with Gasteiger partial charge in [0.15, 0.2) is 5.69 Å². The Morgan fingerprint density at radius 2 is 1.69 bits per heavy atom. The van der Waals surface area contributed by atoms with Crippen molar-refractivity contribution in [1.29, 1.82) is 0 Å². The molecule has 1 atom stereocenters. The molecule has 0 aliphatic carbocycles. The Balaban J connectivity index is 1.11. The summed E-state index contributed by atoms with van der Waals surface area (Å²) >= 11 is 0. The van der Waals surface area contributed by atoms with Gasteiger partial charge >= 0.3 is 0 Å². The highest BCUT2D eigenvalue weighted by Gasteiger charge is 2.31. The Hall–Kier alpha value is -2.25. The van der Waals surface area contributed by atoms with Gasteiger partial charge in [0.05, 0.1) is 12.2 Å². The molecule has 0 radical (unpaired) electrons. The molecule has 0 unspecified atom stereocenters. The summed E-state index contributed by atoms with van der Waals surface area (Å²) < 4.78 is 1.96. The minimum Gasteiger partial charge on any atom is -0.337 e. The van der Waals surface area contributed by atoms with Gasteiger partial charge in [-0.15, -0.1) is 5.10 Å². The summed E-state index contributed by atoms with van der Waals surface area (Å²) in [5, 5.41) is 8.59. The van der Waals surface area contributed by atoms with Gasteiger partial charge < -0.3 is 9.80 Å². The molecule has 3 aliphatic heterocycles. The van der Waals surface area contributed by atoms with Crippen LogP contribution >= 0.6 is 0 Å². The molecule has 0 saturated carbocycles. The maximum atomic E-state index is 12.6. The lowest BCUT2D eigenvalue weighted by Crippen LogP contribution is -2.49. The summed E-state index contributed by atoms with van der Waals surface area (Å²) in [7, 11) is 0. The lowest BCUT2D eigenvalue weighted by atomic mass is 9.97. The minimum atomic E-state index is 0.0456. The number of benzene rings is 1. The molecule has 3 fully saturated rings. The highest BCUT2D eigenvalue weighted by molar-refractivity contribution is 5.92. The van der Waals surface area contributed by atoms with Gasteiger partial charge in [-0.3, -0.25) is 9.69 Å². The van der Waals surface area contributed by atoms with Crippen molar-refractivity contribution in [2.24, 2.45) is 0 Å². The molecule has 2 aromatic rings. The number of hydrogen-bond acceptors (Lipinski definition) is 5. The molecule has 3 aliphatic rings. The number of piperidine rings is 2. The lowest BCUT2D eigenvalue weighted by molar-refractivity contribution is 0.0711. The molecular weight excluding hydrogens is 400 g/mol. The van der Waals surface area contributed by atoms with E-state index in [-0.39, 0.29) is 5.91 Å². The van der Waals surface area contributed by atoms with E-state index in [1.165, 1.54) is 44.5 Å². The Bertz CT molecular complexity index is 870. The van der Waals surface area contributed by atoms with Crippen LogP contribution in [0.15, 0.2) is 36.5 Å². The third-order valence-electron chi connectivity index (χ3n) is 7.56. The highest BCUT2D eigenvalue weighted by atomic mass is 16.2. The van der Waals surface area contributed by atoms with Crippen LogP contribution in [-0.2, 0) is 6.42 Å². The van der Waals surface area contributed by atoms with Crippen LogP contribution in [0.2, 0.25) is 0 Å². The number of carbonyl (C=O) groups excluding carboxylic acids is 1. The quantitative estimate of drug-likeness (QED) is 0.697. The summed E-state index contributed by atoms with van der Waals surface area (Å²) in [5.74, 6) is 0.0456. The molecule has 7 nitrogen and oxygen atoms in total. The average Bonchev–Trinajstić information content (AvgIpc) is 3.56. The van der Waals surface area contributed by atoms with Crippen LogP contribution in [0.3, 0.4) is 0 Å². The second kappa shape index (κ2) is 10.1. The number of hydrogen-bond donors (Lipinski definition) is 0. The fraction of sp³-hybridized carbons (Fsp3) is 0.640. The van der Waals surface area contributed by atoms with Crippen molar-refractivity contribution in [1.82, 2.24) is 29.7 Å². The van der Waals surface area contributed by atoms with E-state index < -0.39 is 0 Å². The van der Waals surface area contributed by atoms with Gasteiger partial charge in [-0.25, -0.2) is 4.68 Å². The summed E-state index contributed by atoms with van der Waals surface area (Å²) in [4.78, 5) is 19.8. The van der Waals surface area contributed by atoms with Crippen LogP contribution < -0.4 is 0 Å². The molecule has 32 heavy (non-hydrogen) atoms. The Labute approximate surface area is 191 Å². The molecule has 1 aromatic heterocycles. The van der Waals surface area contributed by atoms with Crippen LogP contribution in [0, 0.1) is 0 Å². The normalized spacial score (nSPS) is 23.6. The Morgan fingerprint density at radius 3 is 2.47 bits per heavy atom. The molecule has 172 valence electrons. The summed E-state index contributed by atoms with van der Waals surface area (Å²) in [5.41, 5.74) is 1.94. The topological polar surface area (TPSA) is 57.5 Å². The fourth-order valence-corrected chi connectivity index (χ4v) is 5.61. The van der Waals surface area contributed by atoms with E-state index in [0.717, 1.165) is 51.9 Å². The summed E-state index contributed by atoms with van der Waals surface area (Å²) in [6, 6.07) is 11.8. The zero-order chi connectivity index (χ0) is 21.8. The van der Waals surface area contributed by atoms with E-state index in [2.05, 4.69) is 50.4 Å². The molecule has 7 heteroatoms. The van der Waals surface area contributed by atoms with Gasteiger partial charge in [0.25, 0.3) is 5.91 Å². The number of carbonyl (C=O) groups is 1. The van der Waals surface area contributed by atoms with E-state index in [0.29, 0.717) is 17.8 Å². The van der Waals surface area contributed by atoms with Crippen molar-refractivity contribution < 1.29 is 4.79 Å². The van der Waals surface area contributed by atoms with E-state index in [1.807, 2.05) is 15.8 Å². The first kappa shape index (κ1) is 21.6. The maximum absolute atomic E-state index is 12.6. The SMILES string of the molecule is O=C(c1cn([C@H]2CCCN(C3CCN(CCc4ccccc4)CC3)C2)nn1)N1CCCC1. The largest absolute Gasteiger partial charge is 0.337 e. The molecular formula is C25H36N6O. The van der Waals surface area contributed by atoms with E-state index in [9.17, 15) is 4.79 Å². The van der Waals surface area contributed by atoms with Crippen molar-refractivity contribution in [3.63, 3.8) is 0 Å². The molecule has 4 heterocycles. The molecule has 0 spiro atoms. The van der Waals surface area contributed by atoms with Gasteiger partial charge in [0.2, 0.25) is 0 Å². The van der Waals surface area contributed by atoms with Crippen LogP contribution in [0.1, 0.15) is 60.6 Å². The first-order valence-corrected chi connectivity index (χ1v) is 12.5. The van der Waals surface area contributed by atoms with Crippen molar-refractivity contribution >= 4 is 5.91 Å². The van der Waals surface area contributed by atoms with Crippen LogP contribution in [0.4, 0.5) is 0 Å². The molecule has 0 N–H and O–H groups in total. The van der Waals surface area contributed by atoms with E-state index >= 15 is 0 Å². The molecule has 5 rings (SSSR count). The number of likely N-dealkylation sites (tertiary alicyclic amines) is 3. The highest BCUT2D eigenvalue weighted by Crippen LogP contribution is 2.26. The fourth-order valence-electron chi connectivity index (χ4n) is 5.61. The maximum Gasteiger partial charge on any atom is 0.276 e. The standard InChI is InChI=1S/C25H36N6O/c32-25(29-13-4-5-14-29)24-20-31(27-26-24)23-9-6-15-30(19-23)22-11-17-28(18-12-22)16-10-21-7-2-1-3-8-21/h1-3,7-8,20,22-23H,4-6,9-19H2/t23-/m0/s1. The van der Waals surface area contributed by atoms with E-state index in [1.54, 1.807) is 0 Å². The van der Waals surface area contributed by atoms with Crippen LogP contribution in [0.25, 0.3) is 0 Å². The third kappa shape index (κ3) is 5.04. The van der Waals surface area contributed by atoms with Gasteiger partial charge in [0.1, 0.15) is 0 Å². The smallest absolute Gasteiger partial charge is 0.276 e. The number of nitrogens with zero attached hydrogens (tertiary/aromatic N) is 6. The van der Waals surface area contributed by atoms with Crippen LogP contribution in [0.5, 0.6) is 0 Å². The first-order chi connectivity index (χ1) is 15.8. The molecule has 1 amide bonds. The molecule has 1 aromatic carbocycles. The second-order valence-corrected chi connectivity index (χ2v) is 9.68. The number of amides is 1. The number of aromatic nitrogens is 3. The Kier molecular flexibility index (Phi) is 6.83. The van der Waals surface area contributed by atoms with Crippen molar-refractivity contribution in [2.75, 3.05) is 45.8 Å². The first-order valence-electron chi connectivity index (χ1n) is 12.5. The molecule has 0 bridgehead atoms. The summed E-state index contributed by atoms with van der Waals surface area (Å²) in [6.07, 6.45) is 10.0. The van der Waals surface area contributed by atoms with Crippen LogP contribution in [-0.4, -0.2) is 87.5 Å². The third-order valence-corrected chi connectivity index (χ3v) is 7.56. The second-order valence-electron chi connectivity index (χ2n) is 9.68. The summed E-state index contributed by atoms with van der Waals surface area (Å²) in [6.45, 7) is 7.45. The van der Waals surface area contributed by atoms with E-state index in [4.69, 9.17) is 0 Å². The van der Waals surface area contributed by atoms with Crippen molar-refractivity contribution in [3.05, 3.63) is 47.8 Å². The van der Waals surface area contributed by atoms with Gasteiger partial charge in [-0.2, -0.15) is 0 Å². The monoisotopic (exact) mass is 436 g/mol. The predicted octanol–water partition coefficient (Wildman–Crippen LogP) is 2.86. The minimum absolute atomic E-state index is 0.0456. The van der Waals surface area contributed by atoms with Crippen molar-refractivity contribution in [3.8, 4) is 0 Å².